The summed E-state index contributed by atoms with van der Waals surface area (Å²) < 4.78 is 24.1. The van der Waals surface area contributed by atoms with Crippen molar-refractivity contribution in [3.05, 3.63) is 177 Å². The highest BCUT2D eigenvalue weighted by Crippen LogP contribution is 2.52. The van der Waals surface area contributed by atoms with Crippen molar-refractivity contribution in [3.63, 3.8) is 0 Å². The van der Waals surface area contributed by atoms with Crippen LogP contribution in [0.15, 0.2) is 144 Å². The van der Waals surface area contributed by atoms with Crippen LogP contribution in [0.4, 0.5) is 15.3 Å². The van der Waals surface area contributed by atoms with Gasteiger partial charge in [-0.25, -0.2) is 9.59 Å². The van der Waals surface area contributed by atoms with E-state index in [-0.39, 0.29) is 51.5 Å². The predicted octanol–water partition coefficient (Wildman–Crippen LogP) is 8.72. The van der Waals surface area contributed by atoms with Crippen LogP contribution in [0.1, 0.15) is 51.0 Å². The minimum Gasteiger partial charge on any atom is -0.490 e. The van der Waals surface area contributed by atoms with Gasteiger partial charge in [-0.2, -0.15) is 0 Å². The third-order valence-corrected chi connectivity index (χ3v) is 11.1. The quantitative estimate of drug-likeness (QED) is 0.126. The van der Waals surface area contributed by atoms with E-state index in [1.54, 1.807) is 30.2 Å². The monoisotopic (exact) mass is 873 g/mol. The van der Waals surface area contributed by atoms with E-state index in [1.165, 1.54) is 4.90 Å². The zero-order valence-electron chi connectivity index (χ0n) is 33.4. The molecule has 2 atom stereocenters. The van der Waals surface area contributed by atoms with Gasteiger partial charge in [0.25, 0.3) is 5.91 Å². The molecule has 310 valence electrons. The van der Waals surface area contributed by atoms with Crippen LogP contribution in [0.5, 0.6) is 5.75 Å². The van der Waals surface area contributed by atoms with Crippen LogP contribution in [-0.4, -0.2) is 67.1 Å². The summed E-state index contributed by atoms with van der Waals surface area (Å²) >= 11 is 3.59. The van der Waals surface area contributed by atoms with Gasteiger partial charge < -0.3 is 29.4 Å². The first-order valence-electron chi connectivity index (χ1n) is 19.9. The van der Waals surface area contributed by atoms with Crippen LogP contribution in [0.3, 0.4) is 0 Å². The summed E-state index contributed by atoms with van der Waals surface area (Å²) in [4.78, 5) is 45.4. The van der Waals surface area contributed by atoms with E-state index in [0.29, 0.717) is 29.8 Å². The van der Waals surface area contributed by atoms with Gasteiger partial charge in [0.1, 0.15) is 25.6 Å². The summed E-state index contributed by atoms with van der Waals surface area (Å²) in [6.07, 6.45) is 2.74. The molecule has 1 aliphatic carbocycles. The van der Waals surface area contributed by atoms with Gasteiger partial charge in [0.2, 0.25) is 0 Å². The molecule has 7 rings (SSSR count). The second-order valence-electron chi connectivity index (χ2n) is 14.9. The van der Waals surface area contributed by atoms with Crippen molar-refractivity contribution in [2.75, 3.05) is 31.7 Å². The number of benzene rings is 5. The third kappa shape index (κ3) is 10.8. The molecule has 1 heterocycles. The lowest BCUT2D eigenvalue weighted by Gasteiger charge is -2.35. The fraction of sp³-hybridized carbons (Fsp3) is 0.271. The van der Waals surface area contributed by atoms with Gasteiger partial charge in [-0.15, -0.1) is 0 Å². The summed E-state index contributed by atoms with van der Waals surface area (Å²) in [7, 11) is 1.55. The number of aliphatic hydroxyl groups is 1. The molecule has 0 saturated heterocycles. The predicted molar refractivity (Wildman–Crippen MR) is 232 cm³/mol. The van der Waals surface area contributed by atoms with Gasteiger partial charge >= 0.3 is 12.2 Å². The number of fused-ring (bicyclic) bond motifs is 4. The van der Waals surface area contributed by atoms with Gasteiger partial charge in [-0.3, -0.25) is 14.6 Å². The Labute approximate surface area is 358 Å². The molecule has 5 aromatic rings. The van der Waals surface area contributed by atoms with E-state index in [9.17, 15) is 19.5 Å². The Morgan fingerprint density at radius 2 is 1.57 bits per heavy atom. The van der Waals surface area contributed by atoms with Crippen LogP contribution in [0, 0.1) is 0 Å². The van der Waals surface area contributed by atoms with Crippen molar-refractivity contribution in [3.8, 4) is 5.75 Å². The zero-order valence-corrected chi connectivity index (χ0v) is 35.0. The van der Waals surface area contributed by atoms with Crippen LogP contribution in [0.25, 0.3) is 0 Å². The minimum absolute atomic E-state index is 0.0555. The maximum atomic E-state index is 14.5. The first-order valence-corrected chi connectivity index (χ1v) is 20.7. The van der Waals surface area contributed by atoms with Crippen LogP contribution in [0.2, 0.25) is 0 Å². The highest BCUT2D eigenvalue weighted by molar-refractivity contribution is 9.10. The highest BCUT2D eigenvalue weighted by Gasteiger charge is 2.53. The van der Waals surface area contributed by atoms with Gasteiger partial charge in [-0.1, -0.05) is 107 Å². The van der Waals surface area contributed by atoms with E-state index in [0.717, 1.165) is 26.7 Å². The number of ether oxygens (including phenoxy) is 4. The number of hydrogen-bond acceptors (Lipinski definition) is 8. The molecule has 2 aliphatic rings. The van der Waals surface area contributed by atoms with Crippen molar-refractivity contribution < 1.29 is 38.4 Å². The number of amides is 3. The van der Waals surface area contributed by atoms with Crippen LogP contribution >= 0.6 is 15.9 Å². The van der Waals surface area contributed by atoms with E-state index in [2.05, 4.69) is 21.2 Å². The van der Waals surface area contributed by atoms with Gasteiger partial charge in [-0.05, 0) is 95.6 Å². The first kappa shape index (κ1) is 42.2. The average Bonchev–Trinajstić information content (AvgIpc) is 4.07. The standard InChI is InChI=1S/C48H48BrN3O8/c1-57-31-37-24-38-28-41(25-37)51(46(55)59-32-34-12-4-2-5-13-34)22-8-9-23-58-42-19-10-16-36(26-42)27-43(50-45(38)54)44(53)30-52(47(56)60-33-35-14-6-3-7-15-35)48(20-21-48)39-17-11-18-40(49)29-39/h2-19,24-26,28-29,43-44,53H,20-23,27,30-33H2,1H3,(H,50,54)/b9-8-/t43-,44+/m0/s1. The fourth-order valence-corrected chi connectivity index (χ4v) is 7.78. The molecule has 12 heteroatoms. The number of halogens is 1. The molecule has 1 fully saturated rings. The van der Waals surface area contributed by atoms with E-state index in [4.69, 9.17) is 18.9 Å². The molecule has 0 spiro atoms. The Morgan fingerprint density at radius 3 is 2.27 bits per heavy atom. The molecule has 2 N–H and O–H groups in total. The topological polar surface area (TPSA) is 127 Å². The molecular formula is C48H48BrN3O8. The van der Waals surface area contributed by atoms with E-state index < -0.39 is 35.8 Å². The second kappa shape index (κ2) is 19.9. The Balaban J connectivity index is 1.21. The number of nitrogens with one attached hydrogen (secondary N) is 1. The van der Waals surface area contributed by atoms with Crippen LogP contribution < -0.4 is 15.0 Å². The number of hydrogen-bond donors (Lipinski definition) is 2. The molecule has 60 heavy (non-hydrogen) atoms. The fourth-order valence-electron chi connectivity index (χ4n) is 7.38. The smallest absolute Gasteiger partial charge is 0.414 e. The Morgan fingerprint density at radius 1 is 0.850 bits per heavy atom. The molecule has 0 unspecified atom stereocenters. The molecule has 3 amide bonds. The maximum absolute atomic E-state index is 14.5. The number of aliphatic hydroxyl groups excluding tert-OH is 1. The van der Waals surface area contributed by atoms with Crippen molar-refractivity contribution in [1.29, 1.82) is 0 Å². The second-order valence-corrected chi connectivity index (χ2v) is 15.9. The molecule has 1 saturated carbocycles. The molecule has 0 aromatic heterocycles. The Hall–Kier alpha value is -5.95. The lowest BCUT2D eigenvalue weighted by molar-refractivity contribution is 0.0319. The molecule has 4 bridgehead atoms. The molecular weight excluding hydrogens is 826 g/mol. The van der Waals surface area contributed by atoms with E-state index in [1.807, 2.05) is 121 Å². The highest BCUT2D eigenvalue weighted by atomic mass is 79.9. The van der Waals surface area contributed by atoms with E-state index >= 15 is 0 Å². The van der Waals surface area contributed by atoms with Gasteiger partial charge in [0.15, 0.2) is 0 Å². The zero-order chi connectivity index (χ0) is 41.9. The lowest BCUT2D eigenvalue weighted by atomic mass is 9.97. The summed E-state index contributed by atoms with van der Waals surface area (Å²) in [5, 5.41) is 15.4. The number of carbonyl (C=O) groups is 3. The molecule has 0 radical (unpaired) electrons. The molecule has 1 aliphatic heterocycles. The maximum Gasteiger partial charge on any atom is 0.414 e. The van der Waals surface area contributed by atoms with Crippen molar-refractivity contribution in [1.82, 2.24) is 10.2 Å². The van der Waals surface area contributed by atoms with Crippen molar-refractivity contribution in [2.45, 2.75) is 56.8 Å². The number of carbonyl (C=O) groups excluding carboxylic acids is 3. The largest absolute Gasteiger partial charge is 0.490 e. The van der Waals surface area contributed by atoms with Gasteiger partial charge in [0.05, 0.1) is 30.8 Å². The summed E-state index contributed by atoms with van der Waals surface area (Å²) in [5.74, 6) is 0.104. The average molecular weight is 875 g/mol. The first-order chi connectivity index (χ1) is 29.2. The molecule has 11 nitrogen and oxygen atoms in total. The SMILES string of the molecule is COCc1cc2cc(c1)N(C(=O)OCc1ccccc1)C/C=C\COc1cccc(c1)C[C@@H]([C@H](O)CN(C(=O)OCc1ccccc1)C1(c3cccc(Br)c3)CC1)NC2=O. The molecule has 5 aromatic carbocycles. The normalized spacial score (nSPS) is 17.0. The van der Waals surface area contributed by atoms with Crippen molar-refractivity contribution in [2.24, 2.45) is 0 Å². The van der Waals surface area contributed by atoms with Crippen LogP contribution in [-0.2, 0) is 46.0 Å². The summed E-state index contributed by atoms with van der Waals surface area (Å²) in [6, 6.07) is 38.3. The van der Waals surface area contributed by atoms with Crippen molar-refractivity contribution >= 4 is 39.7 Å². The Bertz CT molecular complexity index is 2280. The number of methoxy groups -OCH3 is 1. The summed E-state index contributed by atoms with van der Waals surface area (Å²) in [5.41, 5.74) is 3.98. The minimum atomic E-state index is -1.25. The Kier molecular flexibility index (Phi) is 14.0. The lowest BCUT2D eigenvalue weighted by Crippen LogP contribution is -2.53. The number of nitrogens with zero attached hydrogens (tertiary/aromatic N) is 2. The number of rotatable bonds is 11. The summed E-state index contributed by atoms with van der Waals surface area (Å²) in [6.45, 7) is 0.505. The third-order valence-electron chi connectivity index (χ3n) is 10.6. The van der Waals surface area contributed by atoms with Gasteiger partial charge in [0, 0.05) is 29.4 Å². The number of anilines is 1.